The normalized spacial score (nSPS) is 14.0. The Hall–Kier alpha value is -3.50. The predicted molar refractivity (Wildman–Crippen MR) is 152 cm³/mol. The molecular formula is C31H30F3N2OP. The van der Waals surface area contributed by atoms with E-state index in [4.69, 9.17) is 9.27 Å². The molecule has 1 atom stereocenters. The molecule has 0 radical (unpaired) electrons. The summed E-state index contributed by atoms with van der Waals surface area (Å²) in [6.45, 7) is 8.87. The van der Waals surface area contributed by atoms with Crippen molar-refractivity contribution in [1.82, 2.24) is 4.57 Å². The summed E-state index contributed by atoms with van der Waals surface area (Å²) in [6, 6.07) is 29.0. The first-order valence-corrected chi connectivity index (χ1v) is 14.3. The smallest absolute Gasteiger partial charge is 0.418 e. The predicted octanol–water partition coefficient (Wildman–Crippen LogP) is 9.78. The Kier molecular flexibility index (Phi) is 6.65. The molecule has 5 aromatic rings. The molecule has 0 unspecified atom stereocenters. The molecule has 0 amide bonds. The second-order valence-electron chi connectivity index (χ2n) is 10.2. The monoisotopic (exact) mass is 534 g/mol. The van der Waals surface area contributed by atoms with Crippen LogP contribution in [0.4, 0.5) is 18.9 Å². The highest BCUT2D eigenvalue weighted by atomic mass is 31.2. The number of hydrogen-bond acceptors (Lipinski definition) is 2. The van der Waals surface area contributed by atoms with Crippen molar-refractivity contribution in [3.8, 4) is 5.75 Å². The summed E-state index contributed by atoms with van der Waals surface area (Å²) in [4.78, 5) is 0. The Morgan fingerprint density at radius 2 is 1.39 bits per heavy atom. The average Bonchev–Trinajstić information content (AvgIpc) is 3.21. The van der Waals surface area contributed by atoms with E-state index >= 15 is 0 Å². The van der Waals surface area contributed by atoms with E-state index in [1.165, 1.54) is 12.1 Å². The molecule has 0 aliphatic rings. The molecule has 0 spiro atoms. The van der Waals surface area contributed by atoms with Gasteiger partial charge >= 0.3 is 6.18 Å². The van der Waals surface area contributed by atoms with Crippen LogP contribution in [0.3, 0.4) is 0 Å². The summed E-state index contributed by atoms with van der Waals surface area (Å²) < 4.78 is 56.3. The first kappa shape index (κ1) is 26.1. The van der Waals surface area contributed by atoms with Crippen molar-refractivity contribution < 1.29 is 17.7 Å². The van der Waals surface area contributed by atoms with Crippen LogP contribution in [0.25, 0.3) is 21.8 Å². The quantitative estimate of drug-likeness (QED) is 0.206. The fraction of sp³-hybridized carbons (Fsp3) is 0.226. The van der Waals surface area contributed by atoms with E-state index < -0.39 is 24.2 Å². The molecule has 0 saturated heterocycles. The molecule has 0 saturated carbocycles. The summed E-state index contributed by atoms with van der Waals surface area (Å²) in [5.41, 5.74) is 1.30. The van der Waals surface area contributed by atoms with E-state index in [9.17, 15) is 13.2 Å². The van der Waals surface area contributed by atoms with Gasteiger partial charge in [-0.05, 0) is 55.5 Å². The molecular weight excluding hydrogens is 504 g/mol. The number of halogens is 3. The molecule has 5 rings (SSSR count). The van der Waals surface area contributed by atoms with Crippen LogP contribution in [-0.2, 0) is 12.7 Å². The van der Waals surface area contributed by atoms with E-state index in [0.717, 1.165) is 39.7 Å². The van der Waals surface area contributed by atoms with Crippen LogP contribution >= 0.6 is 7.28 Å². The van der Waals surface area contributed by atoms with Crippen LogP contribution in [0, 0.1) is 0 Å². The molecule has 196 valence electrons. The van der Waals surface area contributed by atoms with Crippen molar-refractivity contribution in [3.63, 3.8) is 0 Å². The molecule has 7 heteroatoms. The van der Waals surface area contributed by atoms with Gasteiger partial charge < -0.3 is 9.09 Å². The van der Waals surface area contributed by atoms with Crippen molar-refractivity contribution in [3.05, 3.63) is 103 Å². The second kappa shape index (κ2) is 9.67. The lowest BCUT2D eigenvalue weighted by atomic mass is 10.1. The molecule has 0 aliphatic heterocycles. The molecule has 1 heterocycles. The van der Waals surface area contributed by atoms with Crippen LogP contribution in [0.1, 0.15) is 33.3 Å². The van der Waals surface area contributed by atoms with Crippen molar-refractivity contribution in [2.24, 2.45) is 4.74 Å². The zero-order valence-corrected chi connectivity index (χ0v) is 22.7. The number of benzene rings is 4. The minimum absolute atomic E-state index is 0.115. The number of hydrogen-bond donors (Lipinski definition) is 0. The summed E-state index contributed by atoms with van der Waals surface area (Å²) >= 11 is 0. The van der Waals surface area contributed by atoms with Crippen LogP contribution < -0.4 is 9.83 Å². The van der Waals surface area contributed by atoms with Crippen LogP contribution in [0.5, 0.6) is 5.75 Å². The minimum Gasteiger partial charge on any atom is -0.455 e. The van der Waals surface area contributed by atoms with Gasteiger partial charge in [0.2, 0.25) is 0 Å². The van der Waals surface area contributed by atoms with E-state index in [0.29, 0.717) is 5.75 Å². The Balaban J connectivity index is 1.89. The fourth-order valence-electron chi connectivity index (χ4n) is 4.96. The summed E-state index contributed by atoms with van der Waals surface area (Å²) in [5, 5.41) is 2.29. The fourth-order valence-corrected chi connectivity index (χ4v) is 8.06. The van der Waals surface area contributed by atoms with E-state index in [1.807, 2.05) is 75.4 Å². The van der Waals surface area contributed by atoms with Crippen LogP contribution in [0.2, 0.25) is 0 Å². The SMILES string of the molecule is CCn1c2ccccc2c2cc([P@](=Nc3ccccc3C(F)(F)F)(Oc3ccccc3)C(C)(C)C)ccc21. The lowest BCUT2D eigenvalue weighted by Crippen LogP contribution is -2.27. The Bertz CT molecular complexity index is 1660. The van der Waals surface area contributed by atoms with Gasteiger partial charge in [-0.15, -0.1) is 0 Å². The van der Waals surface area contributed by atoms with Gasteiger partial charge in [-0.3, -0.25) is 0 Å². The van der Waals surface area contributed by atoms with Gasteiger partial charge in [0, 0.05) is 38.8 Å². The molecule has 0 fully saturated rings. The summed E-state index contributed by atoms with van der Waals surface area (Å²) in [6.07, 6.45) is -4.54. The Morgan fingerprint density at radius 1 is 0.763 bits per heavy atom. The van der Waals surface area contributed by atoms with Gasteiger partial charge in [0.15, 0.2) is 7.28 Å². The van der Waals surface area contributed by atoms with Gasteiger partial charge in [0.25, 0.3) is 0 Å². The zero-order chi connectivity index (χ0) is 27.1. The van der Waals surface area contributed by atoms with E-state index in [-0.39, 0.29) is 5.69 Å². The Morgan fingerprint density at radius 3 is 2.08 bits per heavy atom. The maximum atomic E-state index is 14.1. The first-order chi connectivity index (χ1) is 18.0. The molecule has 0 N–H and O–H groups in total. The third-order valence-electron chi connectivity index (χ3n) is 6.77. The highest BCUT2D eigenvalue weighted by molar-refractivity contribution is 7.71. The molecule has 0 bridgehead atoms. The van der Waals surface area contributed by atoms with Crippen LogP contribution in [-0.4, -0.2) is 9.72 Å². The van der Waals surface area contributed by atoms with Crippen molar-refractivity contribution in [2.75, 3.05) is 0 Å². The van der Waals surface area contributed by atoms with Gasteiger partial charge in [0.1, 0.15) is 5.75 Å². The average molecular weight is 535 g/mol. The molecule has 0 aliphatic carbocycles. The molecule has 3 nitrogen and oxygen atoms in total. The van der Waals surface area contributed by atoms with Crippen molar-refractivity contribution >= 4 is 40.1 Å². The number of aryl methyl sites for hydroxylation is 1. The summed E-state index contributed by atoms with van der Waals surface area (Å²) in [7, 11) is -3.14. The highest BCUT2D eigenvalue weighted by Crippen LogP contribution is 2.63. The van der Waals surface area contributed by atoms with Crippen molar-refractivity contribution in [1.29, 1.82) is 0 Å². The second-order valence-corrected chi connectivity index (χ2v) is 13.6. The number of aromatic nitrogens is 1. The van der Waals surface area contributed by atoms with E-state index in [2.05, 4.69) is 29.7 Å². The van der Waals surface area contributed by atoms with E-state index in [1.54, 1.807) is 6.07 Å². The largest absolute Gasteiger partial charge is 0.455 e. The van der Waals surface area contributed by atoms with Gasteiger partial charge in [-0.2, -0.15) is 13.2 Å². The minimum atomic E-state index is -4.54. The van der Waals surface area contributed by atoms with Gasteiger partial charge in [0.05, 0.1) is 11.3 Å². The molecule has 4 aromatic carbocycles. The number of nitrogens with zero attached hydrogens (tertiary/aromatic N) is 2. The summed E-state index contributed by atoms with van der Waals surface area (Å²) in [5.74, 6) is 0.570. The zero-order valence-electron chi connectivity index (χ0n) is 21.8. The number of fused-ring (bicyclic) bond motifs is 3. The highest BCUT2D eigenvalue weighted by Gasteiger charge is 2.41. The number of para-hydroxylation sites is 2. The molecule has 38 heavy (non-hydrogen) atoms. The molecule has 1 aromatic heterocycles. The first-order valence-electron chi connectivity index (χ1n) is 12.6. The number of alkyl halides is 3. The third kappa shape index (κ3) is 4.52. The lowest BCUT2D eigenvalue weighted by Gasteiger charge is -2.37. The maximum absolute atomic E-state index is 14.1. The van der Waals surface area contributed by atoms with Gasteiger partial charge in [-0.25, -0.2) is 4.74 Å². The van der Waals surface area contributed by atoms with Gasteiger partial charge in [-0.1, -0.05) is 69.3 Å². The topological polar surface area (TPSA) is 26.5 Å². The lowest BCUT2D eigenvalue weighted by molar-refractivity contribution is -0.137. The number of rotatable bonds is 5. The standard InChI is InChI=1S/C31H30F3N2OP/c1-5-36-28-18-12-9-15-24(28)25-21-23(19-20-29(25)36)38(30(2,3)4,37-22-13-7-6-8-14-22)35-27-17-11-10-16-26(27)31(32,33)34/h6-21H,5H2,1-4H3/t38-/m0/s1. The van der Waals surface area contributed by atoms with Crippen molar-refractivity contribution in [2.45, 2.75) is 45.6 Å². The maximum Gasteiger partial charge on any atom is 0.418 e. The third-order valence-corrected chi connectivity index (χ3v) is 10.5. The van der Waals surface area contributed by atoms with Crippen LogP contribution in [0.15, 0.2) is 102 Å². The Labute approximate surface area is 221 Å².